The number of hydrogen-bond acceptors (Lipinski definition) is 8. The Labute approximate surface area is 218 Å². The molecule has 3 heterocycles. The Morgan fingerprint density at radius 2 is 1.84 bits per heavy atom. The van der Waals surface area contributed by atoms with Crippen LogP contribution in [0.1, 0.15) is 31.0 Å². The minimum absolute atomic E-state index is 0.198. The van der Waals surface area contributed by atoms with Gasteiger partial charge in [-0.25, -0.2) is 9.79 Å². The summed E-state index contributed by atoms with van der Waals surface area (Å²) in [7, 11) is 1.60. The second-order valence-corrected chi connectivity index (χ2v) is 9.78. The summed E-state index contributed by atoms with van der Waals surface area (Å²) in [5.41, 5.74) is 3.54. The van der Waals surface area contributed by atoms with Crippen LogP contribution in [0.2, 0.25) is 0 Å². The summed E-state index contributed by atoms with van der Waals surface area (Å²) in [4.78, 5) is 34.2. The molecule has 1 atom stereocenters. The average Bonchev–Trinajstić information content (AvgIpc) is 3.23. The van der Waals surface area contributed by atoms with Crippen molar-refractivity contribution >= 4 is 29.1 Å². The number of rotatable bonds is 6. The van der Waals surface area contributed by atoms with Gasteiger partial charge in [0.1, 0.15) is 5.75 Å². The van der Waals surface area contributed by atoms with E-state index in [2.05, 4.69) is 22.0 Å². The van der Waals surface area contributed by atoms with Crippen molar-refractivity contribution in [1.29, 1.82) is 0 Å². The quantitative estimate of drug-likeness (QED) is 0.466. The maximum absolute atomic E-state index is 13.7. The van der Waals surface area contributed by atoms with Gasteiger partial charge in [-0.1, -0.05) is 35.6 Å². The lowest BCUT2D eigenvalue weighted by Crippen LogP contribution is -2.39. The Balaban J connectivity index is 1.58. The van der Waals surface area contributed by atoms with Crippen LogP contribution in [0, 0.1) is 0 Å². The number of thiazole rings is 1. The van der Waals surface area contributed by atoms with E-state index in [1.54, 1.807) is 25.5 Å². The first-order valence-electron chi connectivity index (χ1n) is 12.3. The van der Waals surface area contributed by atoms with Crippen molar-refractivity contribution in [2.24, 2.45) is 4.99 Å². The van der Waals surface area contributed by atoms with Gasteiger partial charge in [-0.2, -0.15) is 0 Å². The van der Waals surface area contributed by atoms with Crippen molar-refractivity contribution in [3.8, 4) is 5.75 Å². The van der Waals surface area contributed by atoms with Crippen LogP contribution in [0.25, 0.3) is 6.08 Å². The van der Waals surface area contributed by atoms with Gasteiger partial charge in [0, 0.05) is 18.8 Å². The maximum atomic E-state index is 13.7. The number of allylic oxidation sites excluding steroid dienone is 1. The van der Waals surface area contributed by atoms with Crippen LogP contribution in [0.4, 0.5) is 5.69 Å². The smallest absolute Gasteiger partial charge is 0.338 e. The summed E-state index contributed by atoms with van der Waals surface area (Å²) in [6.45, 7) is 6.96. The Kier molecular flexibility index (Phi) is 7.25. The molecule has 1 aromatic heterocycles. The number of aromatic nitrogens is 1. The van der Waals surface area contributed by atoms with Crippen LogP contribution in [-0.4, -0.2) is 50.6 Å². The van der Waals surface area contributed by atoms with E-state index in [1.807, 2.05) is 42.5 Å². The summed E-state index contributed by atoms with van der Waals surface area (Å²) in [6.07, 6.45) is 1.88. The predicted molar refractivity (Wildman–Crippen MR) is 143 cm³/mol. The van der Waals surface area contributed by atoms with Crippen molar-refractivity contribution in [3.05, 3.63) is 90.6 Å². The Bertz CT molecular complexity index is 1500. The molecular weight excluding hydrogens is 490 g/mol. The average molecular weight is 520 g/mol. The fourth-order valence-electron chi connectivity index (χ4n) is 4.65. The SMILES string of the molecule is CCOC(=O)C1=C(C)N=c2sc(=Cc3ccc(N4CCOCC4)cc3)c(=O)n2C1c1ccc(OC)cc1. The zero-order valence-electron chi connectivity index (χ0n) is 21.1. The highest BCUT2D eigenvalue weighted by molar-refractivity contribution is 7.07. The van der Waals surface area contributed by atoms with Gasteiger partial charge in [-0.3, -0.25) is 9.36 Å². The highest BCUT2D eigenvalue weighted by Gasteiger charge is 2.33. The van der Waals surface area contributed by atoms with Crippen molar-refractivity contribution in [3.63, 3.8) is 0 Å². The first-order chi connectivity index (χ1) is 18.0. The lowest BCUT2D eigenvalue weighted by molar-refractivity contribution is -0.139. The molecule has 37 heavy (non-hydrogen) atoms. The van der Waals surface area contributed by atoms with Gasteiger partial charge in [0.2, 0.25) is 0 Å². The van der Waals surface area contributed by atoms with Crippen LogP contribution < -0.4 is 24.5 Å². The molecule has 9 heteroatoms. The molecule has 192 valence electrons. The Hall–Kier alpha value is -3.69. The van der Waals surface area contributed by atoms with Gasteiger partial charge < -0.3 is 19.1 Å². The number of carbonyl (C=O) groups excluding carboxylic acids is 1. The number of fused-ring (bicyclic) bond motifs is 1. The molecule has 1 fully saturated rings. The lowest BCUT2D eigenvalue weighted by Gasteiger charge is -2.28. The molecule has 0 spiro atoms. The van der Waals surface area contributed by atoms with E-state index in [0.717, 1.165) is 43.1 Å². The summed E-state index contributed by atoms with van der Waals surface area (Å²) < 4.78 is 18.2. The first kappa shape index (κ1) is 25.0. The molecule has 0 N–H and O–H groups in total. The molecule has 8 nitrogen and oxygen atoms in total. The van der Waals surface area contributed by atoms with E-state index in [0.29, 0.717) is 26.4 Å². The van der Waals surface area contributed by atoms with E-state index in [9.17, 15) is 9.59 Å². The van der Waals surface area contributed by atoms with Gasteiger partial charge in [0.25, 0.3) is 5.56 Å². The molecule has 0 saturated carbocycles. The normalized spacial score (nSPS) is 17.9. The topological polar surface area (TPSA) is 82.4 Å². The fraction of sp³-hybridized carbons (Fsp3) is 0.321. The summed E-state index contributed by atoms with van der Waals surface area (Å²) >= 11 is 1.32. The zero-order valence-corrected chi connectivity index (χ0v) is 21.9. The van der Waals surface area contributed by atoms with Gasteiger partial charge in [-0.05, 0) is 55.3 Å². The molecule has 1 saturated heterocycles. The Morgan fingerprint density at radius 3 is 2.49 bits per heavy atom. The van der Waals surface area contributed by atoms with E-state index >= 15 is 0 Å². The van der Waals surface area contributed by atoms with Crippen molar-refractivity contribution < 1.29 is 19.0 Å². The van der Waals surface area contributed by atoms with Crippen LogP contribution in [-0.2, 0) is 14.3 Å². The molecule has 5 rings (SSSR count). The van der Waals surface area contributed by atoms with Gasteiger partial charge in [-0.15, -0.1) is 0 Å². The van der Waals surface area contributed by atoms with E-state index in [-0.39, 0.29) is 12.2 Å². The number of ether oxygens (including phenoxy) is 3. The number of nitrogens with zero attached hydrogens (tertiary/aromatic N) is 3. The fourth-order valence-corrected chi connectivity index (χ4v) is 5.69. The summed E-state index contributed by atoms with van der Waals surface area (Å²) in [5.74, 6) is 0.215. The standard InChI is InChI=1S/C28H29N3O5S/c1-4-36-27(33)24-18(2)29-28-31(25(24)20-7-11-22(34-3)12-8-20)26(32)23(37-28)17-19-5-9-21(10-6-19)30-13-15-35-16-14-30/h5-12,17,25H,4,13-16H2,1-3H3. The molecular formula is C28H29N3O5S. The van der Waals surface area contributed by atoms with E-state index in [1.165, 1.54) is 11.3 Å². The molecule has 0 aliphatic carbocycles. The number of hydrogen-bond donors (Lipinski definition) is 0. The number of esters is 1. The van der Waals surface area contributed by atoms with Crippen LogP contribution in [0.15, 0.2) is 69.6 Å². The summed E-state index contributed by atoms with van der Waals surface area (Å²) in [5, 5.41) is 0. The second kappa shape index (κ2) is 10.7. The maximum Gasteiger partial charge on any atom is 0.338 e. The largest absolute Gasteiger partial charge is 0.497 e. The Morgan fingerprint density at radius 1 is 1.14 bits per heavy atom. The van der Waals surface area contributed by atoms with Crippen LogP contribution >= 0.6 is 11.3 Å². The zero-order chi connectivity index (χ0) is 25.9. The van der Waals surface area contributed by atoms with Crippen LogP contribution in [0.5, 0.6) is 5.75 Å². The molecule has 1 unspecified atom stereocenters. The highest BCUT2D eigenvalue weighted by Crippen LogP contribution is 2.31. The third-order valence-corrected chi connectivity index (χ3v) is 7.50. The minimum atomic E-state index is -0.646. The van der Waals surface area contributed by atoms with E-state index in [4.69, 9.17) is 14.2 Å². The van der Waals surface area contributed by atoms with Gasteiger partial charge in [0.05, 0.1) is 48.8 Å². The number of morpholine rings is 1. The molecule has 2 aliphatic heterocycles. The predicted octanol–water partition coefficient (Wildman–Crippen LogP) is 2.64. The molecule has 0 bridgehead atoms. The first-order valence-corrected chi connectivity index (χ1v) is 13.1. The number of carbonyl (C=O) groups is 1. The van der Waals surface area contributed by atoms with E-state index < -0.39 is 12.0 Å². The molecule has 2 aromatic carbocycles. The minimum Gasteiger partial charge on any atom is -0.497 e. The van der Waals surface area contributed by atoms with Gasteiger partial charge >= 0.3 is 5.97 Å². The van der Waals surface area contributed by atoms with Crippen molar-refractivity contribution in [1.82, 2.24) is 4.57 Å². The highest BCUT2D eigenvalue weighted by atomic mass is 32.1. The number of anilines is 1. The number of methoxy groups -OCH3 is 1. The molecule has 0 radical (unpaired) electrons. The monoisotopic (exact) mass is 519 g/mol. The van der Waals surface area contributed by atoms with Crippen molar-refractivity contribution in [2.45, 2.75) is 19.9 Å². The molecule has 3 aromatic rings. The van der Waals surface area contributed by atoms with Gasteiger partial charge in [0.15, 0.2) is 4.80 Å². The van der Waals surface area contributed by atoms with Crippen molar-refractivity contribution in [2.75, 3.05) is 44.9 Å². The second-order valence-electron chi connectivity index (χ2n) is 8.77. The lowest BCUT2D eigenvalue weighted by atomic mass is 9.96. The number of benzene rings is 2. The molecule has 2 aliphatic rings. The van der Waals surface area contributed by atoms with Crippen LogP contribution in [0.3, 0.4) is 0 Å². The third-order valence-electron chi connectivity index (χ3n) is 6.52. The third kappa shape index (κ3) is 4.97. The summed E-state index contributed by atoms with van der Waals surface area (Å²) in [6, 6.07) is 14.9. The molecule has 0 amide bonds.